The van der Waals surface area contributed by atoms with E-state index in [4.69, 9.17) is 4.74 Å². The van der Waals surface area contributed by atoms with Crippen molar-refractivity contribution < 1.29 is 24.9 Å². The van der Waals surface area contributed by atoms with E-state index in [1.54, 1.807) is 19.1 Å². The van der Waals surface area contributed by atoms with Crippen LogP contribution in [0.3, 0.4) is 0 Å². The average molecular weight is 427 g/mol. The van der Waals surface area contributed by atoms with Crippen LogP contribution >= 0.6 is 15.9 Å². The van der Waals surface area contributed by atoms with Crippen molar-refractivity contribution in [2.75, 3.05) is 6.61 Å². The molecule has 1 aromatic rings. The maximum absolute atomic E-state index is 11.7. The quantitative estimate of drug-likeness (QED) is 0.391. The summed E-state index contributed by atoms with van der Waals surface area (Å²) in [4.78, 5) is 11.7. The third kappa shape index (κ3) is 6.59. The highest BCUT2D eigenvalue weighted by Gasteiger charge is 2.30. The molecule has 0 heterocycles. The van der Waals surface area contributed by atoms with Gasteiger partial charge in [0.2, 0.25) is 0 Å². The van der Waals surface area contributed by atoms with Crippen LogP contribution in [0, 0.1) is 5.92 Å². The fourth-order valence-corrected chi connectivity index (χ4v) is 3.00. The minimum Gasteiger partial charge on any atom is -0.507 e. The van der Waals surface area contributed by atoms with Gasteiger partial charge in [-0.25, -0.2) is 4.79 Å². The minimum absolute atomic E-state index is 0.161. The number of benzene rings is 1. The fraction of sp³-hybridized carbons (Fsp3) is 0.450. The topological polar surface area (TPSA) is 87.0 Å². The number of esters is 1. The lowest BCUT2D eigenvalue weighted by Crippen LogP contribution is -2.37. The zero-order chi connectivity index (χ0) is 19.7. The highest BCUT2D eigenvalue weighted by Crippen LogP contribution is 2.27. The molecule has 26 heavy (non-hydrogen) atoms. The molecule has 1 aromatic carbocycles. The predicted octanol–water partition coefficient (Wildman–Crippen LogP) is 3.82. The standard InChI is InChI=1S/C20H27BrO5/c1-4-13(11-14-12-15(21)8-10-17(14)22)7-9-18(23)16(5-2)19(24)20(25)26-6-3/h5,8,10-12,16,18-19,22-24H,2,4,6-7,9H2,1,3H3/b13-11+/t16-,18-,19+/m1/s1. The molecule has 144 valence electrons. The van der Waals surface area contributed by atoms with Gasteiger partial charge < -0.3 is 20.1 Å². The molecule has 0 aromatic heterocycles. The van der Waals surface area contributed by atoms with Gasteiger partial charge in [0.15, 0.2) is 6.10 Å². The number of phenolic OH excluding ortho intramolecular Hbond substituents is 1. The van der Waals surface area contributed by atoms with Crippen molar-refractivity contribution in [2.45, 2.75) is 45.3 Å². The van der Waals surface area contributed by atoms with Crippen LogP contribution in [0.25, 0.3) is 6.08 Å². The second-order valence-corrected chi connectivity index (χ2v) is 6.89. The summed E-state index contributed by atoms with van der Waals surface area (Å²) in [6, 6.07) is 5.19. The molecule has 0 aliphatic rings. The van der Waals surface area contributed by atoms with E-state index < -0.39 is 24.1 Å². The molecule has 3 atom stereocenters. The van der Waals surface area contributed by atoms with Crippen LogP contribution in [-0.4, -0.2) is 40.1 Å². The molecule has 0 bridgehead atoms. The zero-order valence-corrected chi connectivity index (χ0v) is 16.8. The smallest absolute Gasteiger partial charge is 0.335 e. The number of rotatable bonds is 10. The maximum atomic E-state index is 11.7. The van der Waals surface area contributed by atoms with Gasteiger partial charge in [0.1, 0.15) is 5.75 Å². The predicted molar refractivity (Wildman–Crippen MR) is 106 cm³/mol. The number of phenols is 1. The lowest BCUT2D eigenvalue weighted by molar-refractivity contribution is -0.157. The lowest BCUT2D eigenvalue weighted by atomic mass is 9.90. The Morgan fingerprint density at radius 3 is 2.62 bits per heavy atom. The van der Waals surface area contributed by atoms with Crippen LogP contribution in [-0.2, 0) is 9.53 Å². The van der Waals surface area contributed by atoms with E-state index in [1.165, 1.54) is 6.08 Å². The number of carbonyl (C=O) groups is 1. The van der Waals surface area contributed by atoms with Gasteiger partial charge in [-0.2, -0.15) is 0 Å². The summed E-state index contributed by atoms with van der Waals surface area (Å²) in [5.41, 5.74) is 1.73. The van der Waals surface area contributed by atoms with Gasteiger partial charge in [-0.05, 0) is 44.4 Å². The zero-order valence-electron chi connectivity index (χ0n) is 15.2. The molecule has 6 heteroatoms. The molecule has 0 fully saturated rings. The van der Waals surface area contributed by atoms with Crippen LogP contribution in [0.5, 0.6) is 5.75 Å². The molecule has 5 nitrogen and oxygen atoms in total. The fourth-order valence-electron chi connectivity index (χ4n) is 2.62. The van der Waals surface area contributed by atoms with Gasteiger partial charge in [0.05, 0.1) is 12.7 Å². The summed E-state index contributed by atoms with van der Waals surface area (Å²) >= 11 is 3.38. The molecular weight excluding hydrogens is 400 g/mol. The van der Waals surface area contributed by atoms with Gasteiger partial charge in [0, 0.05) is 16.0 Å². The van der Waals surface area contributed by atoms with Crippen molar-refractivity contribution in [3.05, 3.63) is 46.5 Å². The van der Waals surface area contributed by atoms with Crippen molar-refractivity contribution >= 4 is 28.0 Å². The molecule has 1 rings (SSSR count). The molecule has 0 aliphatic heterocycles. The Kier molecular flexibility index (Phi) is 9.62. The normalized spacial score (nSPS) is 15.2. The number of carbonyl (C=O) groups excluding carboxylic acids is 1. The molecule has 0 saturated heterocycles. The lowest BCUT2D eigenvalue weighted by Gasteiger charge is -2.23. The number of hydrogen-bond donors (Lipinski definition) is 3. The Morgan fingerprint density at radius 1 is 1.35 bits per heavy atom. The van der Waals surface area contributed by atoms with Crippen LogP contribution < -0.4 is 0 Å². The van der Waals surface area contributed by atoms with Gasteiger partial charge >= 0.3 is 5.97 Å². The van der Waals surface area contributed by atoms with E-state index >= 15 is 0 Å². The Balaban J connectivity index is 2.80. The van der Waals surface area contributed by atoms with E-state index in [2.05, 4.69) is 22.5 Å². The Labute approximate surface area is 163 Å². The molecule has 0 aliphatic carbocycles. The first-order chi connectivity index (χ1) is 12.3. The van der Waals surface area contributed by atoms with Crippen molar-refractivity contribution in [2.24, 2.45) is 5.92 Å². The molecular formula is C20H27BrO5. The van der Waals surface area contributed by atoms with Crippen molar-refractivity contribution in [1.29, 1.82) is 0 Å². The minimum atomic E-state index is -1.44. The summed E-state index contributed by atoms with van der Waals surface area (Å²) in [7, 11) is 0. The average Bonchev–Trinajstić information content (AvgIpc) is 2.62. The van der Waals surface area contributed by atoms with Crippen molar-refractivity contribution in [3.8, 4) is 5.75 Å². The van der Waals surface area contributed by atoms with Crippen molar-refractivity contribution in [1.82, 2.24) is 0 Å². The van der Waals surface area contributed by atoms with Crippen LogP contribution in [0.4, 0.5) is 0 Å². The number of ether oxygens (including phenoxy) is 1. The monoisotopic (exact) mass is 426 g/mol. The van der Waals surface area contributed by atoms with Crippen LogP contribution in [0.1, 0.15) is 38.7 Å². The summed E-state index contributed by atoms with van der Waals surface area (Å²) in [5.74, 6) is -1.38. The largest absolute Gasteiger partial charge is 0.507 e. The third-order valence-corrected chi connectivity index (χ3v) is 4.67. The SMILES string of the molecule is C=C[C@H]([C@H](O)CC/C(=C/c1cc(Br)ccc1O)CC)[C@H](O)C(=O)OCC. The second kappa shape index (κ2) is 11.2. The summed E-state index contributed by atoms with van der Waals surface area (Å²) in [5, 5.41) is 30.4. The van der Waals surface area contributed by atoms with E-state index in [1.807, 2.05) is 19.1 Å². The van der Waals surface area contributed by atoms with E-state index in [9.17, 15) is 20.1 Å². The Bertz CT molecular complexity index is 641. The second-order valence-electron chi connectivity index (χ2n) is 5.98. The summed E-state index contributed by atoms with van der Waals surface area (Å²) in [6.07, 6.45) is 2.55. The van der Waals surface area contributed by atoms with Crippen molar-refractivity contribution in [3.63, 3.8) is 0 Å². The molecule has 3 N–H and O–H groups in total. The number of hydrogen-bond acceptors (Lipinski definition) is 5. The number of aliphatic hydroxyl groups excluding tert-OH is 2. The highest BCUT2D eigenvalue weighted by atomic mass is 79.9. The first-order valence-corrected chi connectivity index (χ1v) is 9.46. The third-order valence-electron chi connectivity index (χ3n) is 4.17. The summed E-state index contributed by atoms with van der Waals surface area (Å²) in [6.45, 7) is 7.41. The van der Waals surface area contributed by atoms with Gasteiger partial charge in [-0.1, -0.05) is 40.6 Å². The number of halogens is 1. The first kappa shape index (κ1) is 22.4. The molecule has 0 amide bonds. The van der Waals surface area contributed by atoms with Gasteiger partial charge in [0.25, 0.3) is 0 Å². The van der Waals surface area contributed by atoms with Gasteiger partial charge in [-0.15, -0.1) is 6.58 Å². The van der Waals surface area contributed by atoms with E-state index in [0.717, 1.165) is 16.5 Å². The molecule has 0 saturated carbocycles. The number of allylic oxidation sites excluding steroid dienone is 1. The van der Waals surface area contributed by atoms with Crippen LogP contribution in [0.15, 0.2) is 40.9 Å². The Morgan fingerprint density at radius 2 is 2.04 bits per heavy atom. The van der Waals surface area contributed by atoms with E-state index in [0.29, 0.717) is 18.4 Å². The maximum Gasteiger partial charge on any atom is 0.335 e. The van der Waals surface area contributed by atoms with Gasteiger partial charge in [-0.3, -0.25) is 0 Å². The molecule has 0 spiro atoms. The Hall–Kier alpha value is -1.63. The molecule has 0 radical (unpaired) electrons. The highest BCUT2D eigenvalue weighted by molar-refractivity contribution is 9.10. The molecule has 0 unspecified atom stereocenters. The number of aromatic hydroxyl groups is 1. The van der Waals surface area contributed by atoms with Crippen LogP contribution in [0.2, 0.25) is 0 Å². The summed E-state index contributed by atoms with van der Waals surface area (Å²) < 4.78 is 5.66. The van der Waals surface area contributed by atoms with E-state index in [-0.39, 0.29) is 12.4 Å². The number of aliphatic hydroxyl groups is 2. The first-order valence-electron chi connectivity index (χ1n) is 8.67.